The molecule has 0 aliphatic heterocycles. The molecule has 2 aromatic heterocycles. The van der Waals surface area contributed by atoms with Gasteiger partial charge in [0.1, 0.15) is 4.21 Å². The molecule has 11 heteroatoms. The van der Waals surface area contributed by atoms with Crippen molar-refractivity contribution in [3.8, 4) is 0 Å². The average molecular weight is 431 g/mol. The monoisotopic (exact) mass is 430 g/mol. The van der Waals surface area contributed by atoms with Crippen LogP contribution >= 0.6 is 22.7 Å². The van der Waals surface area contributed by atoms with Gasteiger partial charge in [-0.3, -0.25) is 19.7 Å². The molecule has 8 nitrogen and oxygen atoms in total. The van der Waals surface area contributed by atoms with Crippen LogP contribution in [-0.2, 0) is 24.3 Å². The van der Waals surface area contributed by atoms with Crippen LogP contribution in [0, 0.1) is 0 Å². The van der Waals surface area contributed by atoms with Gasteiger partial charge < -0.3 is 4.74 Å². The van der Waals surface area contributed by atoms with Gasteiger partial charge in [0.05, 0.1) is 4.88 Å². The highest BCUT2D eigenvalue weighted by Gasteiger charge is 2.21. The molecule has 27 heavy (non-hydrogen) atoms. The first-order chi connectivity index (χ1) is 12.8. The van der Waals surface area contributed by atoms with E-state index in [1.54, 1.807) is 29.0 Å². The molecular weight excluding hydrogens is 412 g/mol. The van der Waals surface area contributed by atoms with Crippen molar-refractivity contribution in [1.82, 2.24) is 9.62 Å². The summed E-state index contributed by atoms with van der Waals surface area (Å²) in [5.74, 6) is -1.92. The van der Waals surface area contributed by atoms with E-state index < -0.39 is 34.4 Å². The Balaban J connectivity index is 1.67. The maximum absolute atomic E-state index is 12.2. The standard InChI is InChI=1S/C16H18N2O6S3/c1-18(27(22,23)15-7-4-10-26-15)8-2-6-14(20)24-11-13(19)17-16(21)12-5-3-9-25-12/h3-5,7,9-10H,2,6,8,11H2,1H3,(H,17,19,21). The first kappa shape index (κ1) is 21.2. The minimum absolute atomic E-state index is 0.0452. The zero-order valence-electron chi connectivity index (χ0n) is 14.4. The number of ether oxygens (including phenoxy) is 1. The Kier molecular flexibility index (Phi) is 7.66. The average Bonchev–Trinajstić information content (AvgIpc) is 3.33. The van der Waals surface area contributed by atoms with Crippen LogP contribution in [0.1, 0.15) is 22.5 Å². The SMILES string of the molecule is CN(CCCC(=O)OCC(=O)NC(=O)c1cccs1)S(=O)(=O)c1cccs1. The zero-order valence-corrected chi connectivity index (χ0v) is 16.9. The Morgan fingerprint density at radius 1 is 1.15 bits per heavy atom. The number of thiophene rings is 2. The van der Waals surface area contributed by atoms with Gasteiger partial charge in [-0.2, -0.15) is 0 Å². The summed E-state index contributed by atoms with van der Waals surface area (Å²) in [7, 11) is -2.12. The van der Waals surface area contributed by atoms with E-state index in [9.17, 15) is 22.8 Å². The molecule has 0 spiro atoms. The second-order valence-electron chi connectivity index (χ2n) is 5.38. The molecule has 1 N–H and O–H groups in total. The number of rotatable bonds is 9. The number of hydrogen-bond acceptors (Lipinski definition) is 8. The molecule has 146 valence electrons. The van der Waals surface area contributed by atoms with Gasteiger partial charge in [-0.15, -0.1) is 22.7 Å². The van der Waals surface area contributed by atoms with Crippen molar-refractivity contribution in [3.63, 3.8) is 0 Å². The van der Waals surface area contributed by atoms with Gasteiger partial charge >= 0.3 is 5.97 Å². The first-order valence-electron chi connectivity index (χ1n) is 7.84. The third kappa shape index (κ3) is 6.24. The van der Waals surface area contributed by atoms with Crippen LogP contribution in [0.15, 0.2) is 39.2 Å². The molecule has 0 radical (unpaired) electrons. The van der Waals surface area contributed by atoms with E-state index in [0.29, 0.717) is 4.88 Å². The molecule has 2 heterocycles. The van der Waals surface area contributed by atoms with Gasteiger partial charge in [0.2, 0.25) is 0 Å². The Bertz CT molecular complexity index is 875. The summed E-state index contributed by atoms with van der Waals surface area (Å²) < 4.78 is 30.6. The van der Waals surface area contributed by atoms with Crippen molar-refractivity contribution in [3.05, 3.63) is 39.9 Å². The van der Waals surface area contributed by atoms with E-state index in [-0.39, 0.29) is 23.6 Å². The van der Waals surface area contributed by atoms with Crippen molar-refractivity contribution in [1.29, 1.82) is 0 Å². The molecule has 0 saturated carbocycles. The molecule has 2 rings (SSSR count). The second-order valence-corrected chi connectivity index (χ2v) is 9.54. The van der Waals surface area contributed by atoms with Crippen molar-refractivity contribution in [2.45, 2.75) is 17.1 Å². The summed E-state index contributed by atoms with van der Waals surface area (Å²) in [5, 5.41) is 5.49. The number of carbonyl (C=O) groups is 3. The number of sulfonamides is 1. The van der Waals surface area contributed by atoms with E-state index in [1.807, 2.05) is 0 Å². The number of amides is 2. The highest BCUT2D eigenvalue weighted by Crippen LogP contribution is 2.20. The third-order valence-electron chi connectivity index (χ3n) is 3.38. The van der Waals surface area contributed by atoms with Gasteiger partial charge in [0.25, 0.3) is 21.8 Å². The molecule has 0 aromatic carbocycles. The Labute approximate surface area is 164 Å². The quantitative estimate of drug-likeness (QED) is 0.607. The summed E-state index contributed by atoms with van der Waals surface area (Å²) >= 11 is 2.31. The lowest BCUT2D eigenvalue weighted by Gasteiger charge is -2.15. The van der Waals surface area contributed by atoms with Gasteiger partial charge in [0, 0.05) is 20.0 Å². The number of imide groups is 1. The minimum atomic E-state index is -3.56. The van der Waals surface area contributed by atoms with E-state index >= 15 is 0 Å². The van der Waals surface area contributed by atoms with Crippen LogP contribution in [0.3, 0.4) is 0 Å². The summed E-state index contributed by atoms with van der Waals surface area (Å²) in [6.45, 7) is -0.433. The number of nitrogens with zero attached hydrogens (tertiary/aromatic N) is 1. The highest BCUT2D eigenvalue weighted by atomic mass is 32.2. The topological polar surface area (TPSA) is 110 Å². The number of nitrogens with one attached hydrogen (secondary N) is 1. The van der Waals surface area contributed by atoms with E-state index in [2.05, 4.69) is 5.32 Å². The van der Waals surface area contributed by atoms with Crippen molar-refractivity contribution in [2.24, 2.45) is 0 Å². The molecule has 0 atom stereocenters. The van der Waals surface area contributed by atoms with E-state index in [1.165, 1.54) is 28.8 Å². The molecule has 0 unspecified atom stereocenters. The van der Waals surface area contributed by atoms with Gasteiger partial charge in [0.15, 0.2) is 6.61 Å². The van der Waals surface area contributed by atoms with Crippen molar-refractivity contribution >= 4 is 50.5 Å². The van der Waals surface area contributed by atoms with Gasteiger partial charge in [-0.1, -0.05) is 12.1 Å². The van der Waals surface area contributed by atoms with Crippen LogP contribution in [0.25, 0.3) is 0 Å². The molecule has 0 saturated heterocycles. The lowest BCUT2D eigenvalue weighted by atomic mass is 10.3. The molecule has 2 amide bonds. The summed E-state index contributed by atoms with van der Waals surface area (Å²) in [4.78, 5) is 35.3. The summed E-state index contributed by atoms with van der Waals surface area (Å²) in [5.41, 5.74) is 0. The van der Waals surface area contributed by atoms with Crippen molar-refractivity contribution in [2.75, 3.05) is 20.2 Å². The smallest absolute Gasteiger partial charge is 0.306 e. The lowest BCUT2D eigenvalue weighted by Crippen LogP contribution is -2.33. The number of esters is 1. The number of carbonyl (C=O) groups excluding carboxylic acids is 3. The second kappa shape index (κ2) is 9.74. The summed E-state index contributed by atoms with van der Waals surface area (Å²) in [6.07, 6.45) is 0.201. The molecule has 2 aromatic rings. The van der Waals surface area contributed by atoms with Crippen molar-refractivity contribution < 1.29 is 27.5 Å². The fourth-order valence-corrected chi connectivity index (χ4v) is 5.01. The molecular formula is C16H18N2O6S3. The summed E-state index contributed by atoms with van der Waals surface area (Å²) in [6, 6.07) is 6.41. The van der Waals surface area contributed by atoms with E-state index in [4.69, 9.17) is 4.74 Å². The Morgan fingerprint density at radius 3 is 2.48 bits per heavy atom. The van der Waals surface area contributed by atoms with Gasteiger partial charge in [-0.05, 0) is 29.3 Å². The normalized spacial score (nSPS) is 11.3. The molecule has 0 fully saturated rings. The fourth-order valence-electron chi connectivity index (χ4n) is 1.98. The highest BCUT2D eigenvalue weighted by molar-refractivity contribution is 7.91. The molecule has 0 aliphatic rings. The lowest BCUT2D eigenvalue weighted by molar-refractivity contribution is -0.148. The maximum atomic E-state index is 12.2. The predicted octanol–water partition coefficient (Wildman–Crippen LogP) is 1.71. The largest absolute Gasteiger partial charge is 0.456 e. The molecule has 0 bridgehead atoms. The van der Waals surface area contributed by atoms with E-state index in [0.717, 1.165) is 11.3 Å². The maximum Gasteiger partial charge on any atom is 0.306 e. The van der Waals surface area contributed by atoms with Gasteiger partial charge in [-0.25, -0.2) is 12.7 Å². The van der Waals surface area contributed by atoms with Crippen LogP contribution in [0.5, 0.6) is 0 Å². The Hall–Kier alpha value is -2.08. The first-order valence-corrected chi connectivity index (χ1v) is 11.0. The molecule has 0 aliphatic carbocycles. The Morgan fingerprint density at radius 2 is 1.85 bits per heavy atom. The zero-order chi connectivity index (χ0) is 19.9. The minimum Gasteiger partial charge on any atom is -0.456 e. The predicted molar refractivity (Wildman–Crippen MR) is 101 cm³/mol. The number of hydrogen-bond donors (Lipinski definition) is 1. The van der Waals surface area contributed by atoms with Crippen LogP contribution in [-0.4, -0.2) is 50.7 Å². The van der Waals surface area contributed by atoms with Crippen LogP contribution in [0.4, 0.5) is 0 Å². The third-order valence-corrected chi connectivity index (χ3v) is 7.47. The van der Waals surface area contributed by atoms with Crippen LogP contribution in [0.2, 0.25) is 0 Å². The van der Waals surface area contributed by atoms with Crippen LogP contribution < -0.4 is 5.32 Å². The fraction of sp³-hybridized carbons (Fsp3) is 0.312.